The number of ether oxygens (including phenoxy) is 1. The molecule has 0 spiro atoms. The van der Waals surface area contributed by atoms with Crippen molar-refractivity contribution in [3.63, 3.8) is 0 Å². The zero-order valence-electron chi connectivity index (χ0n) is 10.9. The Labute approximate surface area is 111 Å². The number of rotatable bonds is 2. The van der Waals surface area contributed by atoms with E-state index in [0.717, 1.165) is 11.5 Å². The summed E-state index contributed by atoms with van der Waals surface area (Å²) in [6, 6.07) is 17.2. The Morgan fingerprint density at radius 2 is 1.22 bits per heavy atom. The van der Waals surface area contributed by atoms with Crippen molar-refractivity contribution in [1.82, 2.24) is 0 Å². The van der Waals surface area contributed by atoms with E-state index in [2.05, 4.69) is 62.4 Å². The van der Waals surface area contributed by atoms with Crippen molar-refractivity contribution >= 4 is 22.3 Å². The molecule has 0 fully saturated rings. The van der Waals surface area contributed by atoms with Gasteiger partial charge in [0.2, 0.25) is 0 Å². The van der Waals surface area contributed by atoms with Gasteiger partial charge in [-0.25, -0.2) is 0 Å². The summed E-state index contributed by atoms with van der Waals surface area (Å²) in [5.41, 5.74) is 0. The summed E-state index contributed by atoms with van der Waals surface area (Å²) < 4.78 is 9.08. The molecule has 0 aliphatic carbocycles. The molecule has 3 rings (SSSR count). The standard InChI is InChI=1S/C16H18AsO/c1-3-17(4-2)13-9-5-7-11-15(13)18-16-12-8-6-10-14(16)17/h5-12H,3-4H2,1-2H3. The fourth-order valence-corrected chi connectivity index (χ4v) is 11.1. The molecule has 1 heterocycles. The third kappa shape index (κ3) is 1.54. The fraction of sp³-hybridized carbons (Fsp3) is 0.250. The maximum atomic E-state index is 6.08. The van der Waals surface area contributed by atoms with Crippen molar-refractivity contribution in [2.45, 2.75) is 24.3 Å². The number of para-hydroxylation sites is 2. The van der Waals surface area contributed by atoms with Crippen LogP contribution in [0.25, 0.3) is 0 Å². The zero-order chi connectivity index (χ0) is 12.6. The van der Waals surface area contributed by atoms with E-state index in [9.17, 15) is 0 Å². The summed E-state index contributed by atoms with van der Waals surface area (Å²) in [5.74, 6) is 2.18. The molecule has 0 saturated carbocycles. The van der Waals surface area contributed by atoms with E-state index in [-0.39, 0.29) is 0 Å². The van der Waals surface area contributed by atoms with Crippen LogP contribution in [0.3, 0.4) is 0 Å². The number of benzene rings is 2. The van der Waals surface area contributed by atoms with Gasteiger partial charge in [0, 0.05) is 0 Å². The van der Waals surface area contributed by atoms with Crippen LogP contribution in [0.15, 0.2) is 48.5 Å². The second-order valence-corrected chi connectivity index (χ2v) is 13.4. The fourth-order valence-electron chi connectivity index (χ4n) is 2.95. The first-order valence-corrected chi connectivity index (χ1v) is 11.1. The molecule has 2 heteroatoms. The maximum absolute atomic E-state index is 6.08. The van der Waals surface area contributed by atoms with E-state index in [1.807, 2.05) is 0 Å². The van der Waals surface area contributed by atoms with Crippen LogP contribution in [0, 0.1) is 0 Å². The van der Waals surface area contributed by atoms with Crippen molar-refractivity contribution in [3.05, 3.63) is 48.5 Å². The molecule has 2 aromatic carbocycles. The predicted molar refractivity (Wildman–Crippen MR) is 78.9 cm³/mol. The van der Waals surface area contributed by atoms with E-state index >= 15 is 0 Å². The molecule has 0 unspecified atom stereocenters. The molecule has 0 amide bonds. The Morgan fingerprint density at radius 1 is 0.778 bits per heavy atom. The third-order valence-electron chi connectivity index (χ3n) is 3.95. The summed E-state index contributed by atoms with van der Waals surface area (Å²) in [4.78, 5) is 0. The molecule has 18 heavy (non-hydrogen) atoms. The molecule has 0 saturated heterocycles. The molecule has 0 N–H and O–H groups in total. The van der Waals surface area contributed by atoms with Gasteiger partial charge < -0.3 is 0 Å². The van der Waals surface area contributed by atoms with Gasteiger partial charge in [-0.2, -0.15) is 0 Å². The van der Waals surface area contributed by atoms with Gasteiger partial charge >= 0.3 is 111 Å². The number of hydrogen-bond acceptors (Lipinski definition) is 1. The first kappa shape index (κ1) is 11.9. The average molecular weight is 301 g/mol. The van der Waals surface area contributed by atoms with Crippen LogP contribution in [0.4, 0.5) is 0 Å². The summed E-state index contributed by atoms with van der Waals surface area (Å²) in [6.45, 7) is 4.69. The summed E-state index contributed by atoms with van der Waals surface area (Å²) in [7, 11) is 0. The summed E-state index contributed by atoms with van der Waals surface area (Å²) >= 11 is -2.00. The van der Waals surface area contributed by atoms with E-state index in [1.165, 1.54) is 19.1 Å². The van der Waals surface area contributed by atoms with Crippen LogP contribution in [0.1, 0.15) is 13.8 Å². The summed E-state index contributed by atoms with van der Waals surface area (Å²) in [5, 5.41) is 2.54. The molecule has 1 radical (unpaired) electrons. The molecule has 1 aliphatic heterocycles. The van der Waals surface area contributed by atoms with E-state index in [0.29, 0.717) is 0 Å². The minimum absolute atomic E-state index is 1.09. The molecule has 0 aromatic heterocycles. The van der Waals surface area contributed by atoms with Crippen LogP contribution in [-0.2, 0) is 0 Å². The van der Waals surface area contributed by atoms with Gasteiger partial charge in [-0.05, 0) is 0 Å². The Bertz CT molecular complexity index is 525. The SMILES string of the molecule is CC[As]1(CC)c2ccccc2Oc2ccccc21. The van der Waals surface area contributed by atoms with Gasteiger partial charge in [-0.1, -0.05) is 0 Å². The second kappa shape index (κ2) is 4.48. The van der Waals surface area contributed by atoms with Crippen LogP contribution >= 0.6 is 0 Å². The van der Waals surface area contributed by atoms with Gasteiger partial charge in [0.1, 0.15) is 0 Å². The van der Waals surface area contributed by atoms with Crippen molar-refractivity contribution in [1.29, 1.82) is 0 Å². The zero-order valence-corrected chi connectivity index (χ0v) is 12.8. The Morgan fingerprint density at radius 3 is 1.67 bits per heavy atom. The van der Waals surface area contributed by atoms with E-state index in [4.69, 9.17) is 4.74 Å². The van der Waals surface area contributed by atoms with Crippen LogP contribution in [0.5, 0.6) is 11.5 Å². The van der Waals surface area contributed by atoms with E-state index < -0.39 is 13.6 Å². The molecular weight excluding hydrogens is 283 g/mol. The quantitative estimate of drug-likeness (QED) is 0.773. The van der Waals surface area contributed by atoms with Crippen molar-refractivity contribution in [3.8, 4) is 11.5 Å². The van der Waals surface area contributed by atoms with Gasteiger partial charge in [0.25, 0.3) is 0 Å². The van der Waals surface area contributed by atoms with E-state index in [1.54, 1.807) is 0 Å². The van der Waals surface area contributed by atoms with Gasteiger partial charge in [-0.3, -0.25) is 0 Å². The van der Waals surface area contributed by atoms with Crippen LogP contribution in [0.2, 0.25) is 10.4 Å². The molecule has 0 atom stereocenters. The molecule has 1 nitrogen and oxygen atoms in total. The van der Waals surface area contributed by atoms with Crippen molar-refractivity contribution in [2.24, 2.45) is 0 Å². The second-order valence-electron chi connectivity index (χ2n) is 4.64. The molecule has 93 valence electrons. The first-order valence-electron chi connectivity index (χ1n) is 6.56. The minimum atomic E-state index is -2.00. The van der Waals surface area contributed by atoms with Crippen molar-refractivity contribution < 1.29 is 4.74 Å². The Kier molecular flexibility index (Phi) is 2.95. The third-order valence-corrected chi connectivity index (χ3v) is 13.9. The van der Waals surface area contributed by atoms with Gasteiger partial charge in [-0.15, -0.1) is 0 Å². The van der Waals surface area contributed by atoms with Gasteiger partial charge in [0.15, 0.2) is 0 Å². The Hall–Kier alpha value is -1.20. The monoisotopic (exact) mass is 301 g/mol. The normalized spacial score (nSPS) is 15.4. The van der Waals surface area contributed by atoms with Crippen LogP contribution in [-0.4, -0.2) is 13.6 Å². The molecule has 0 bridgehead atoms. The number of hydrogen-bond donors (Lipinski definition) is 0. The summed E-state index contributed by atoms with van der Waals surface area (Å²) in [6.07, 6.45) is 0. The number of fused-ring (bicyclic) bond motifs is 2. The molecular formula is C16H18AsO. The van der Waals surface area contributed by atoms with Gasteiger partial charge in [0.05, 0.1) is 0 Å². The topological polar surface area (TPSA) is 9.23 Å². The average Bonchev–Trinajstić information content (AvgIpc) is 2.45. The molecule has 1 aliphatic rings. The predicted octanol–water partition coefficient (Wildman–Crippen LogP) is 3.40. The van der Waals surface area contributed by atoms with Crippen LogP contribution < -0.4 is 13.4 Å². The van der Waals surface area contributed by atoms with Crippen molar-refractivity contribution in [2.75, 3.05) is 0 Å². The Balaban J connectivity index is 2.30. The molecule has 2 aromatic rings. The first-order chi connectivity index (χ1) is 8.81.